The van der Waals surface area contributed by atoms with E-state index in [1.807, 2.05) is 13.0 Å². The lowest BCUT2D eigenvalue weighted by Gasteiger charge is -2.60. The summed E-state index contributed by atoms with van der Waals surface area (Å²) in [5.74, 6) is -2.42. The standard InChI is InChI=1S/C33H43N3O11/c1-31-10-8-20(35-47-17-28(41)34-23(30(42)46-3)12-18-4-7-25(38)24(13-18)36(44)45)14-19(31)5-6-21-22-9-11-33(43,27(40)16-37)32(22,2)15-26(39)29(21)31/h4,7,13-14,21-23,26,29,37-39,43H,5-6,8-12,15-17H2,1-3H3,(H,34,41). The molecule has 14 nitrogen and oxygen atoms in total. The number of oxime groups is 1. The van der Waals surface area contributed by atoms with Gasteiger partial charge in [-0.1, -0.05) is 30.6 Å². The summed E-state index contributed by atoms with van der Waals surface area (Å²) in [6.45, 7) is 2.82. The number of nitrogens with zero attached hydrogens (tertiary/aromatic N) is 2. The summed E-state index contributed by atoms with van der Waals surface area (Å²) in [7, 11) is 1.15. The van der Waals surface area contributed by atoms with E-state index in [0.717, 1.165) is 37.7 Å². The maximum absolute atomic E-state index is 12.7. The Morgan fingerprint density at radius 2 is 1.94 bits per heavy atom. The van der Waals surface area contributed by atoms with Gasteiger partial charge in [0.2, 0.25) is 0 Å². The molecular weight excluding hydrogens is 614 g/mol. The fourth-order valence-electron chi connectivity index (χ4n) is 9.19. The van der Waals surface area contributed by atoms with E-state index < -0.39 is 70.4 Å². The molecule has 0 aromatic heterocycles. The zero-order valence-electron chi connectivity index (χ0n) is 26.8. The van der Waals surface area contributed by atoms with E-state index in [9.17, 15) is 44.9 Å². The third kappa shape index (κ3) is 6.02. The van der Waals surface area contributed by atoms with Gasteiger partial charge < -0.3 is 35.3 Å². The molecule has 5 rings (SSSR count). The van der Waals surface area contributed by atoms with Crippen molar-refractivity contribution in [1.82, 2.24) is 5.32 Å². The Morgan fingerprint density at radius 1 is 1.19 bits per heavy atom. The number of methoxy groups -OCH3 is 1. The molecule has 1 aromatic carbocycles. The molecule has 256 valence electrons. The number of nitro groups is 1. The molecular formula is C33H43N3O11. The van der Waals surface area contributed by atoms with Crippen LogP contribution in [0.15, 0.2) is 35.0 Å². The summed E-state index contributed by atoms with van der Waals surface area (Å²) >= 11 is 0. The predicted molar refractivity (Wildman–Crippen MR) is 166 cm³/mol. The molecule has 47 heavy (non-hydrogen) atoms. The van der Waals surface area contributed by atoms with Crippen LogP contribution in [-0.2, 0) is 30.4 Å². The normalized spacial score (nSPS) is 34.3. The molecule has 1 aromatic rings. The van der Waals surface area contributed by atoms with Gasteiger partial charge in [0.05, 0.1) is 23.8 Å². The summed E-state index contributed by atoms with van der Waals surface area (Å²) in [4.78, 5) is 53.4. The minimum absolute atomic E-state index is 0.0460. The van der Waals surface area contributed by atoms with Crippen LogP contribution in [-0.4, -0.2) is 86.8 Å². The van der Waals surface area contributed by atoms with Crippen LogP contribution in [0, 0.1) is 38.7 Å². The first kappa shape index (κ1) is 34.5. The molecule has 5 N–H and O–H groups in total. The number of Topliss-reactive ketones (excluding diaryl/α,β-unsaturated/α-hetero) is 1. The molecule has 3 saturated carbocycles. The third-order valence-electron chi connectivity index (χ3n) is 11.5. The topological polar surface area (TPSA) is 218 Å². The lowest BCUT2D eigenvalue weighted by atomic mass is 9.45. The van der Waals surface area contributed by atoms with Crippen molar-refractivity contribution in [2.75, 3.05) is 20.3 Å². The quantitative estimate of drug-likeness (QED) is 0.139. The molecule has 0 radical (unpaired) electrons. The van der Waals surface area contributed by atoms with Gasteiger partial charge in [0.15, 0.2) is 18.1 Å². The Kier molecular flexibility index (Phi) is 9.50. The largest absolute Gasteiger partial charge is 0.502 e. The first-order valence-corrected chi connectivity index (χ1v) is 16.0. The van der Waals surface area contributed by atoms with Crippen LogP contribution in [0.5, 0.6) is 5.75 Å². The first-order valence-electron chi connectivity index (χ1n) is 16.0. The van der Waals surface area contributed by atoms with Crippen molar-refractivity contribution in [3.8, 4) is 5.75 Å². The summed E-state index contributed by atoms with van der Waals surface area (Å²) in [5, 5.41) is 60.1. The van der Waals surface area contributed by atoms with E-state index in [-0.39, 0.29) is 42.4 Å². The Balaban J connectivity index is 1.23. The van der Waals surface area contributed by atoms with Gasteiger partial charge in [-0.05, 0) is 85.8 Å². The highest BCUT2D eigenvalue weighted by molar-refractivity contribution is 5.96. The zero-order valence-corrected chi connectivity index (χ0v) is 26.8. The molecule has 1 amide bonds. The van der Waals surface area contributed by atoms with Gasteiger partial charge in [0.25, 0.3) is 5.91 Å². The van der Waals surface area contributed by atoms with Crippen LogP contribution in [0.2, 0.25) is 0 Å². The molecule has 8 atom stereocenters. The number of aliphatic hydroxyl groups excluding tert-OH is 2. The van der Waals surface area contributed by atoms with Crippen LogP contribution in [0.1, 0.15) is 64.4 Å². The number of hydrogen-bond acceptors (Lipinski definition) is 12. The Hall–Kier alpha value is -3.88. The molecule has 3 fully saturated rings. The van der Waals surface area contributed by atoms with Gasteiger partial charge >= 0.3 is 11.7 Å². The van der Waals surface area contributed by atoms with Crippen molar-refractivity contribution < 1.29 is 49.3 Å². The SMILES string of the molecule is COC(=O)C(Cc1ccc(O)c([N+](=O)[O-])c1)NC(=O)CON=C1C=C2CCC3C(C(O)CC4(C)C3CCC4(O)C(=O)CO)C2(C)CC1. The van der Waals surface area contributed by atoms with E-state index in [2.05, 4.69) is 17.4 Å². The highest BCUT2D eigenvalue weighted by Crippen LogP contribution is 2.67. The highest BCUT2D eigenvalue weighted by Gasteiger charge is 2.68. The van der Waals surface area contributed by atoms with Crippen molar-refractivity contribution in [2.45, 2.75) is 83.0 Å². The van der Waals surface area contributed by atoms with Gasteiger partial charge in [-0.2, -0.15) is 0 Å². The van der Waals surface area contributed by atoms with E-state index in [1.54, 1.807) is 0 Å². The fourth-order valence-corrected chi connectivity index (χ4v) is 9.19. The number of aromatic hydroxyl groups is 1. The van der Waals surface area contributed by atoms with Crippen molar-refractivity contribution in [1.29, 1.82) is 0 Å². The van der Waals surface area contributed by atoms with Crippen LogP contribution < -0.4 is 5.32 Å². The number of ether oxygens (including phenoxy) is 1. The van der Waals surface area contributed by atoms with E-state index >= 15 is 0 Å². The number of amides is 1. The molecule has 4 aliphatic carbocycles. The van der Waals surface area contributed by atoms with Crippen LogP contribution in [0.3, 0.4) is 0 Å². The number of carbonyl (C=O) groups excluding carboxylic acids is 3. The molecule has 0 aliphatic heterocycles. The maximum atomic E-state index is 12.7. The molecule has 0 bridgehead atoms. The zero-order chi connectivity index (χ0) is 34.3. The fraction of sp³-hybridized carbons (Fsp3) is 0.636. The van der Waals surface area contributed by atoms with Crippen LogP contribution in [0.4, 0.5) is 5.69 Å². The number of esters is 1. The Morgan fingerprint density at radius 3 is 2.62 bits per heavy atom. The minimum Gasteiger partial charge on any atom is -0.502 e. The highest BCUT2D eigenvalue weighted by atomic mass is 16.6. The average molecular weight is 658 g/mol. The number of nitrogens with one attached hydrogen (secondary N) is 1. The second-order valence-electron chi connectivity index (χ2n) is 13.9. The monoisotopic (exact) mass is 657 g/mol. The molecule has 0 heterocycles. The van der Waals surface area contributed by atoms with Gasteiger partial charge in [0.1, 0.15) is 18.2 Å². The molecule has 8 unspecified atom stereocenters. The number of fused-ring (bicyclic) bond motifs is 5. The lowest BCUT2D eigenvalue weighted by Crippen LogP contribution is -2.62. The number of carbonyl (C=O) groups is 3. The summed E-state index contributed by atoms with van der Waals surface area (Å²) in [5.41, 5.74) is -1.20. The predicted octanol–water partition coefficient (Wildman–Crippen LogP) is 2.10. The van der Waals surface area contributed by atoms with Crippen molar-refractivity contribution in [3.05, 3.63) is 45.5 Å². The molecule has 0 spiro atoms. The maximum Gasteiger partial charge on any atom is 0.328 e. The van der Waals surface area contributed by atoms with Crippen LogP contribution >= 0.6 is 0 Å². The molecule has 4 aliphatic rings. The summed E-state index contributed by atoms with van der Waals surface area (Å²) in [6.07, 6.45) is 5.09. The van der Waals surface area contributed by atoms with Gasteiger partial charge in [-0.25, -0.2) is 4.79 Å². The number of aliphatic hydroxyl groups is 3. The number of phenolic OH excluding ortho intramolecular Hbond substituents is 1. The van der Waals surface area contributed by atoms with Crippen molar-refractivity contribution >= 4 is 29.1 Å². The third-order valence-corrected chi connectivity index (χ3v) is 11.5. The number of ketones is 1. The summed E-state index contributed by atoms with van der Waals surface area (Å²) < 4.78 is 4.78. The number of rotatable bonds is 10. The van der Waals surface area contributed by atoms with Gasteiger partial charge in [0, 0.05) is 17.9 Å². The first-order chi connectivity index (χ1) is 22.2. The van der Waals surface area contributed by atoms with E-state index in [4.69, 9.17) is 9.57 Å². The van der Waals surface area contributed by atoms with Crippen molar-refractivity contribution in [3.63, 3.8) is 0 Å². The van der Waals surface area contributed by atoms with Crippen LogP contribution in [0.25, 0.3) is 0 Å². The number of hydrogen-bond donors (Lipinski definition) is 5. The van der Waals surface area contributed by atoms with Gasteiger partial charge in [-0.15, -0.1) is 0 Å². The lowest BCUT2D eigenvalue weighted by molar-refractivity contribution is -0.385. The Labute approximate surface area is 272 Å². The number of allylic oxidation sites excluding steroid dienone is 2. The minimum atomic E-state index is -1.64. The number of nitro benzene ring substituents is 1. The molecule has 14 heteroatoms. The van der Waals surface area contributed by atoms with E-state index in [1.165, 1.54) is 6.07 Å². The number of benzene rings is 1. The van der Waals surface area contributed by atoms with E-state index in [0.29, 0.717) is 30.5 Å². The number of phenols is 1. The molecule has 0 saturated heterocycles. The second kappa shape index (κ2) is 13.0. The van der Waals surface area contributed by atoms with Crippen molar-refractivity contribution in [2.24, 2.45) is 33.7 Å². The summed E-state index contributed by atoms with van der Waals surface area (Å²) in [6, 6.07) is 2.50. The second-order valence-corrected chi connectivity index (χ2v) is 13.9. The average Bonchev–Trinajstić information content (AvgIpc) is 3.30. The van der Waals surface area contributed by atoms with Gasteiger partial charge in [-0.3, -0.25) is 19.7 Å². The Bertz CT molecular complexity index is 1510. The smallest absolute Gasteiger partial charge is 0.328 e.